The minimum atomic E-state index is -4.95. The summed E-state index contributed by atoms with van der Waals surface area (Å²) in [6.07, 6.45) is 47.1. The lowest BCUT2D eigenvalue weighted by molar-refractivity contribution is -0.161. The van der Waals surface area contributed by atoms with E-state index < -0.39 is 97.5 Å². The number of esters is 4. The average Bonchev–Trinajstić information content (AvgIpc) is 3.56. The average molecular weight is 1280 g/mol. The number of phosphoric acid groups is 2. The Hall–Kier alpha value is -1.94. The first-order valence-corrected chi connectivity index (χ1v) is 38.7. The van der Waals surface area contributed by atoms with E-state index in [1.165, 1.54) is 167 Å². The largest absolute Gasteiger partial charge is 0.472 e. The first-order valence-electron chi connectivity index (χ1n) is 35.7. The van der Waals surface area contributed by atoms with Crippen LogP contribution < -0.4 is 0 Å². The fourth-order valence-corrected chi connectivity index (χ4v) is 11.8. The Morgan fingerprint density at radius 2 is 0.552 bits per heavy atom. The van der Waals surface area contributed by atoms with Crippen molar-refractivity contribution in [1.29, 1.82) is 0 Å². The standard InChI is InChI=1S/C68H132O17P2/c1-6-10-13-16-19-22-24-25-26-27-28-30-32-39-44-49-54-68(73)85-64(58-79-66(71)52-47-42-37-34-33-35-40-45-50-61(5)9-4)60-83-87(76,77)81-56-62(69)55-80-86(74,75)82-59-63(57-78-65(70)51-46-41-36-21-18-15-12-8-3)84-67(72)53-48-43-38-31-29-23-20-17-14-11-7-2/h61-64,69H,6-60H2,1-5H3,(H,74,75)(H,76,77)/t61?,62-,63+,64+/m0/s1. The van der Waals surface area contributed by atoms with E-state index in [1.54, 1.807) is 0 Å². The highest BCUT2D eigenvalue weighted by Gasteiger charge is 2.30. The first-order chi connectivity index (χ1) is 42.1. The molecule has 0 spiro atoms. The molecule has 0 aromatic rings. The molecule has 0 saturated heterocycles. The van der Waals surface area contributed by atoms with Crippen molar-refractivity contribution in [1.82, 2.24) is 0 Å². The molecule has 0 amide bonds. The molecule has 0 saturated carbocycles. The lowest BCUT2D eigenvalue weighted by Crippen LogP contribution is -2.30. The van der Waals surface area contributed by atoms with Crippen LogP contribution in [-0.4, -0.2) is 96.7 Å². The molecule has 516 valence electrons. The van der Waals surface area contributed by atoms with Crippen molar-refractivity contribution >= 4 is 39.5 Å². The molecule has 87 heavy (non-hydrogen) atoms. The summed E-state index contributed by atoms with van der Waals surface area (Å²) in [5.74, 6) is -1.35. The maximum Gasteiger partial charge on any atom is 0.472 e. The second-order valence-corrected chi connectivity index (χ2v) is 27.7. The first kappa shape index (κ1) is 85.1. The van der Waals surface area contributed by atoms with Gasteiger partial charge in [0.15, 0.2) is 12.2 Å². The van der Waals surface area contributed by atoms with Crippen LogP contribution in [0.1, 0.15) is 349 Å². The maximum atomic E-state index is 13.0. The third kappa shape index (κ3) is 61.3. The zero-order valence-electron chi connectivity index (χ0n) is 56.2. The fraction of sp³-hybridized carbons (Fsp3) is 0.941. The third-order valence-corrected chi connectivity index (χ3v) is 18.0. The molecular formula is C68H132O17P2. The zero-order valence-corrected chi connectivity index (χ0v) is 57.9. The van der Waals surface area contributed by atoms with Crippen LogP contribution in [0.3, 0.4) is 0 Å². The number of aliphatic hydroxyl groups excluding tert-OH is 1. The normalized spacial score (nSPS) is 14.4. The third-order valence-electron chi connectivity index (χ3n) is 16.1. The van der Waals surface area contributed by atoms with Crippen molar-refractivity contribution in [2.45, 2.75) is 368 Å². The number of unbranched alkanes of at least 4 members (excludes halogenated alkanes) is 39. The second kappa shape index (κ2) is 61.6. The van der Waals surface area contributed by atoms with Gasteiger partial charge in [-0.05, 0) is 31.6 Å². The summed E-state index contributed by atoms with van der Waals surface area (Å²) in [7, 11) is -9.89. The SMILES string of the molecule is CCCCCCCCCCCCCCCCCCC(=O)O[C@H](COC(=O)CCCCCCCCCCC(C)CC)COP(=O)(O)OC[C@@H](O)COP(=O)(O)OC[C@@H](COC(=O)CCCCCCCCCC)OC(=O)CCCCCCCCCCCCC. The lowest BCUT2D eigenvalue weighted by Gasteiger charge is -2.21. The van der Waals surface area contributed by atoms with Crippen LogP contribution >= 0.6 is 15.6 Å². The number of phosphoric ester groups is 2. The van der Waals surface area contributed by atoms with Gasteiger partial charge in [-0.2, -0.15) is 0 Å². The van der Waals surface area contributed by atoms with Crippen molar-refractivity contribution in [3.63, 3.8) is 0 Å². The predicted molar refractivity (Wildman–Crippen MR) is 349 cm³/mol. The van der Waals surface area contributed by atoms with E-state index in [9.17, 15) is 43.2 Å². The number of hydrogen-bond donors (Lipinski definition) is 3. The van der Waals surface area contributed by atoms with Gasteiger partial charge in [0.05, 0.1) is 26.4 Å². The van der Waals surface area contributed by atoms with Gasteiger partial charge in [0.1, 0.15) is 19.3 Å². The Labute approximate surface area is 530 Å². The van der Waals surface area contributed by atoms with E-state index in [1.807, 2.05) is 0 Å². The van der Waals surface area contributed by atoms with Crippen LogP contribution in [0.5, 0.6) is 0 Å². The number of carbonyl (C=O) groups is 4. The van der Waals surface area contributed by atoms with Crippen LogP contribution in [-0.2, 0) is 65.4 Å². The van der Waals surface area contributed by atoms with Crippen molar-refractivity contribution in [3.05, 3.63) is 0 Å². The summed E-state index contributed by atoms with van der Waals surface area (Å²) >= 11 is 0. The van der Waals surface area contributed by atoms with E-state index >= 15 is 0 Å². The molecule has 0 rings (SSSR count). The molecule has 0 aliphatic heterocycles. The fourth-order valence-electron chi connectivity index (χ4n) is 10.3. The maximum absolute atomic E-state index is 13.0. The van der Waals surface area contributed by atoms with Crippen LogP contribution in [0.25, 0.3) is 0 Å². The van der Waals surface area contributed by atoms with E-state index in [-0.39, 0.29) is 25.7 Å². The number of hydrogen-bond acceptors (Lipinski definition) is 15. The van der Waals surface area contributed by atoms with E-state index in [2.05, 4.69) is 34.6 Å². The number of carbonyl (C=O) groups excluding carboxylic acids is 4. The smallest absolute Gasteiger partial charge is 0.462 e. The van der Waals surface area contributed by atoms with Gasteiger partial charge in [0.25, 0.3) is 0 Å². The van der Waals surface area contributed by atoms with Crippen molar-refractivity contribution < 1.29 is 80.2 Å². The highest BCUT2D eigenvalue weighted by Crippen LogP contribution is 2.45. The van der Waals surface area contributed by atoms with Crippen LogP contribution in [0.4, 0.5) is 0 Å². The molecule has 3 N–H and O–H groups in total. The van der Waals surface area contributed by atoms with Crippen LogP contribution in [0.15, 0.2) is 0 Å². The highest BCUT2D eigenvalue weighted by atomic mass is 31.2. The zero-order chi connectivity index (χ0) is 64.2. The van der Waals surface area contributed by atoms with Gasteiger partial charge in [-0.1, -0.05) is 298 Å². The van der Waals surface area contributed by atoms with Gasteiger partial charge in [-0.15, -0.1) is 0 Å². The lowest BCUT2D eigenvalue weighted by atomic mass is 9.99. The summed E-state index contributed by atoms with van der Waals surface area (Å²) in [5.41, 5.74) is 0. The molecule has 0 fully saturated rings. The summed E-state index contributed by atoms with van der Waals surface area (Å²) < 4.78 is 68.1. The molecule has 0 aromatic carbocycles. The van der Waals surface area contributed by atoms with Crippen molar-refractivity contribution in [2.24, 2.45) is 5.92 Å². The molecular weight excluding hydrogens is 1150 g/mol. The number of rotatable bonds is 68. The van der Waals surface area contributed by atoms with Crippen molar-refractivity contribution in [3.8, 4) is 0 Å². The minimum Gasteiger partial charge on any atom is -0.462 e. The van der Waals surface area contributed by atoms with Crippen LogP contribution in [0, 0.1) is 5.92 Å². The minimum absolute atomic E-state index is 0.107. The molecule has 0 radical (unpaired) electrons. The van der Waals surface area contributed by atoms with E-state index in [0.29, 0.717) is 25.7 Å². The highest BCUT2D eigenvalue weighted by molar-refractivity contribution is 7.47. The monoisotopic (exact) mass is 1280 g/mol. The van der Waals surface area contributed by atoms with Crippen LogP contribution in [0.2, 0.25) is 0 Å². The van der Waals surface area contributed by atoms with Gasteiger partial charge >= 0.3 is 39.5 Å². The molecule has 19 heteroatoms. The van der Waals surface area contributed by atoms with Gasteiger partial charge in [-0.3, -0.25) is 37.3 Å². The molecule has 6 atom stereocenters. The Balaban J connectivity index is 5.22. The second-order valence-electron chi connectivity index (χ2n) is 24.8. The Morgan fingerprint density at radius 3 is 0.816 bits per heavy atom. The molecule has 0 aliphatic carbocycles. The molecule has 0 bridgehead atoms. The van der Waals surface area contributed by atoms with Crippen molar-refractivity contribution in [2.75, 3.05) is 39.6 Å². The van der Waals surface area contributed by atoms with Gasteiger partial charge < -0.3 is 33.8 Å². The van der Waals surface area contributed by atoms with Gasteiger partial charge in [0, 0.05) is 25.7 Å². The number of ether oxygens (including phenoxy) is 4. The van der Waals surface area contributed by atoms with E-state index in [0.717, 1.165) is 102 Å². The summed E-state index contributed by atoms with van der Waals surface area (Å²) in [6, 6.07) is 0. The van der Waals surface area contributed by atoms with E-state index in [4.69, 9.17) is 37.0 Å². The van der Waals surface area contributed by atoms with Gasteiger partial charge in [-0.25, -0.2) is 9.13 Å². The molecule has 0 aliphatic rings. The summed E-state index contributed by atoms with van der Waals surface area (Å²) in [6.45, 7) is 7.21. The predicted octanol–water partition coefficient (Wildman–Crippen LogP) is 19.4. The quantitative estimate of drug-likeness (QED) is 0.0222. The Morgan fingerprint density at radius 1 is 0.322 bits per heavy atom. The molecule has 0 heterocycles. The molecule has 17 nitrogen and oxygen atoms in total. The molecule has 0 aromatic heterocycles. The van der Waals surface area contributed by atoms with Gasteiger partial charge in [0.2, 0.25) is 0 Å². The number of aliphatic hydroxyl groups is 1. The topological polar surface area (TPSA) is 237 Å². The summed E-state index contributed by atoms with van der Waals surface area (Å²) in [5, 5.41) is 10.6. The molecule has 3 unspecified atom stereocenters. The summed E-state index contributed by atoms with van der Waals surface area (Å²) in [4.78, 5) is 72.4. The Kier molecular flexibility index (Phi) is 60.2. The Bertz CT molecular complexity index is 1690.